The highest BCUT2D eigenvalue weighted by Gasteiger charge is 2.28. The van der Waals surface area contributed by atoms with Gasteiger partial charge in [-0.05, 0) is 25.1 Å². The summed E-state index contributed by atoms with van der Waals surface area (Å²) in [6, 6.07) is 8.58. The zero-order valence-electron chi connectivity index (χ0n) is 12.7. The molecule has 23 heavy (non-hydrogen) atoms. The molecule has 1 atom stereocenters. The average Bonchev–Trinajstić information content (AvgIpc) is 2.83. The molecule has 0 spiro atoms. The van der Waals surface area contributed by atoms with E-state index in [0.29, 0.717) is 11.6 Å². The molecule has 118 valence electrons. The standard InChI is InChI=1S/C16H16N4O2S/c1-10-15(23-14(9-21)20(10)2)13-6-7-17-16(19-13)18-11-4-3-5-12(22)8-11/h3-9,14,22H,1-2H3,(H,17,18,19). The van der Waals surface area contributed by atoms with Gasteiger partial charge in [-0.1, -0.05) is 17.8 Å². The lowest BCUT2D eigenvalue weighted by Crippen LogP contribution is -2.23. The Labute approximate surface area is 138 Å². The van der Waals surface area contributed by atoms with Gasteiger partial charge in [-0.3, -0.25) is 0 Å². The smallest absolute Gasteiger partial charge is 0.227 e. The van der Waals surface area contributed by atoms with E-state index in [1.165, 1.54) is 11.8 Å². The quantitative estimate of drug-likeness (QED) is 0.836. The SMILES string of the molecule is CC1=C(c2ccnc(Nc3cccc(O)c3)n2)SC(C=O)N1C. The molecular weight excluding hydrogens is 312 g/mol. The molecule has 0 saturated heterocycles. The number of hydrogen-bond donors (Lipinski definition) is 2. The van der Waals surface area contributed by atoms with Gasteiger partial charge in [0.05, 0.1) is 10.6 Å². The van der Waals surface area contributed by atoms with Crippen LogP contribution >= 0.6 is 11.8 Å². The first-order chi connectivity index (χ1) is 11.1. The van der Waals surface area contributed by atoms with Gasteiger partial charge in [0, 0.05) is 30.7 Å². The van der Waals surface area contributed by atoms with Crippen LogP contribution in [0.3, 0.4) is 0 Å². The lowest BCUT2D eigenvalue weighted by atomic mass is 10.3. The molecule has 0 saturated carbocycles. The van der Waals surface area contributed by atoms with Crippen LogP contribution in [0.4, 0.5) is 11.6 Å². The molecule has 1 aromatic heterocycles. The number of allylic oxidation sites excluding steroid dienone is 1. The highest BCUT2D eigenvalue weighted by Crippen LogP contribution is 2.41. The molecule has 0 amide bonds. The van der Waals surface area contributed by atoms with Gasteiger partial charge in [0.2, 0.25) is 5.95 Å². The van der Waals surface area contributed by atoms with Crippen molar-refractivity contribution in [3.8, 4) is 5.75 Å². The number of hydrogen-bond acceptors (Lipinski definition) is 7. The molecule has 1 unspecified atom stereocenters. The molecular formula is C16H16N4O2S. The number of thioether (sulfide) groups is 1. The summed E-state index contributed by atoms with van der Waals surface area (Å²) in [5.41, 5.74) is 2.48. The molecule has 0 aliphatic carbocycles. The maximum absolute atomic E-state index is 11.1. The van der Waals surface area contributed by atoms with Crippen LogP contribution in [0.25, 0.3) is 4.91 Å². The summed E-state index contributed by atoms with van der Waals surface area (Å²) in [5.74, 6) is 0.609. The molecule has 0 bridgehead atoms. The first-order valence-corrected chi connectivity index (χ1v) is 7.91. The van der Waals surface area contributed by atoms with E-state index in [1.54, 1.807) is 24.4 Å². The molecule has 7 heteroatoms. The normalized spacial score (nSPS) is 17.5. The minimum Gasteiger partial charge on any atom is -0.508 e. The Kier molecular flexibility index (Phi) is 4.20. The summed E-state index contributed by atoms with van der Waals surface area (Å²) >= 11 is 1.48. The number of carbonyl (C=O) groups excluding carboxylic acids is 1. The Bertz CT molecular complexity index is 778. The summed E-state index contributed by atoms with van der Waals surface area (Å²) in [4.78, 5) is 22.7. The van der Waals surface area contributed by atoms with Crippen molar-refractivity contribution in [2.45, 2.75) is 12.3 Å². The molecule has 1 aliphatic rings. The van der Waals surface area contributed by atoms with Crippen LogP contribution in [0.1, 0.15) is 12.6 Å². The molecule has 2 N–H and O–H groups in total. The van der Waals surface area contributed by atoms with E-state index in [0.717, 1.165) is 22.6 Å². The van der Waals surface area contributed by atoms with E-state index in [-0.39, 0.29) is 11.1 Å². The van der Waals surface area contributed by atoms with Gasteiger partial charge >= 0.3 is 0 Å². The van der Waals surface area contributed by atoms with Crippen molar-refractivity contribution in [2.75, 3.05) is 12.4 Å². The second-order valence-electron chi connectivity index (χ2n) is 5.11. The third-order valence-electron chi connectivity index (χ3n) is 3.58. The zero-order valence-corrected chi connectivity index (χ0v) is 13.5. The minimum absolute atomic E-state index is 0.173. The average molecular weight is 328 g/mol. The Morgan fingerprint density at radius 3 is 2.91 bits per heavy atom. The largest absolute Gasteiger partial charge is 0.508 e. The lowest BCUT2D eigenvalue weighted by molar-refractivity contribution is -0.109. The predicted molar refractivity (Wildman–Crippen MR) is 91.2 cm³/mol. The maximum atomic E-state index is 11.1. The molecule has 6 nitrogen and oxygen atoms in total. The van der Waals surface area contributed by atoms with Gasteiger partial charge in [0.25, 0.3) is 0 Å². The first kappa shape index (κ1) is 15.4. The third kappa shape index (κ3) is 3.14. The predicted octanol–water partition coefficient (Wildman–Crippen LogP) is 2.82. The summed E-state index contributed by atoms with van der Waals surface area (Å²) in [6.07, 6.45) is 2.59. The number of phenols is 1. The highest BCUT2D eigenvalue weighted by atomic mass is 32.2. The number of aromatic hydroxyl groups is 1. The van der Waals surface area contributed by atoms with Crippen LogP contribution < -0.4 is 5.32 Å². The number of rotatable bonds is 4. The Morgan fingerprint density at radius 1 is 1.39 bits per heavy atom. The van der Waals surface area contributed by atoms with E-state index in [1.807, 2.05) is 31.0 Å². The second-order valence-corrected chi connectivity index (χ2v) is 6.24. The fraction of sp³-hybridized carbons (Fsp3) is 0.188. The van der Waals surface area contributed by atoms with E-state index < -0.39 is 0 Å². The molecule has 1 aliphatic heterocycles. The van der Waals surface area contributed by atoms with Crippen molar-refractivity contribution in [2.24, 2.45) is 0 Å². The van der Waals surface area contributed by atoms with Gasteiger partial charge in [0.15, 0.2) is 6.29 Å². The fourth-order valence-corrected chi connectivity index (χ4v) is 3.42. The van der Waals surface area contributed by atoms with E-state index in [4.69, 9.17) is 0 Å². The number of nitrogens with one attached hydrogen (secondary N) is 1. The number of likely N-dealkylation sites (N-methyl/N-ethyl adjacent to an activating group) is 1. The second kappa shape index (κ2) is 6.29. The lowest BCUT2D eigenvalue weighted by Gasteiger charge is -2.16. The van der Waals surface area contributed by atoms with Crippen molar-refractivity contribution in [3.63, 3.8) is 0 Å². The number of phenolic OH excluding ortho intramolecular Hbond substituents is 1. The van der Waals surface area contributed by atoms with Crippen LogP contribution in [-0.2, 0) is 4.79 Å². The first-order valence-electron chi connectivity index (χ1n) is 7.03. The third-order valence-corrected chi connectivity index (χ3v) is 4.99. The van der Waals surface area contributed by atoms with Gasteiger partial charge < -0.3 is 20.1 Å². The number of nitrogens with zero attached hydrogens (tertiary/aromatic N) is 3. The molecule has 2 heterocycles. The van der Waals surface area contributed by atoms with Crippen LogP contribution in [0, 0.1) is 0 Å². The van der Waals surface area contributed by atoms with Crippen molar-refractivity contribution < 1.29 is 9.90 Å². The van der Waals surface area contributed by atoms with Crippen LogP contribution in [-0.4, -0.2) is 38.7 Å². The highest BCUT2D eigenvalue weighted by molar-refractivity contribution is 8.09. The van der Waals surface area contributed by atoms with Crippen LogP contribution in [0.5, 0.6) is 5.75 Å². The topological polar surface area (TPSA) is 78.4 Å². The van der Waals surface area contributed by atoms with Crippen molar-refractivity contribution in [1.29, 1.82) is 0 Å². The van der Waals surface area contributed by atoms with Crippen LogP contribution in [0.15, 0.2) is 42.2 Å². The number of aromatic nitrogens is 2. The van der Waals surface area contributed by atoms with Crippen molar-refractivity contribution in [3.05, 3.63) is 47.9 Å². The Hall–Kier alpha value is -2.54. The number of benzene rings is 1. The van der Waals surface area contributed by atoms with E-state index in [2.05, 4.69) is 15.3 Å². The minimum atomic E-state index is -0.220. The Morgan fingerprint density at radius 2 is 2.22 bits per heavy atom. The van der Waals surface area contributed by atoms with Gasteiger partial charge in [0.1, 0.15) is 11.1 Å². The molecule has 1 aromatic carbocycles. The molecule has 3 rings (SSSR count). The molecule has 0 fully saturated rings. The van der Waals surface area contributed by atoms with Crippen molar-refractivity contribution in [1.82, 2.24) is 14.9 Å². The number of anilines is 2. The van der Waals surface area contributed by atoms with Gasteiger partial charge in [-0.25, -0.2) is 9.97 Å². The monoisotopic (exact) mass is 328 g/mol. The van der Waals surface area contributed by atoms with Crippen molar-refractivity contribution >= 4 is 34.6 Å². The summed E-state index contributed by atoms with van der Waals surface area (Å²) < 4.78 is 0. The molecule has 2 aromatic rings. The summed E-state index contributed by atoms with van der Waals surface area (Å²) in [6.45, 7) is 1.97. The Balaban J connectivity index is 1.87. The summed E-state index contributed by atoms with van der Waals surface area (Å²) in [7, 11) is 1.89. The maximum Gasteiger partial charge on any atom is 0.227 e. The van der Waals surface area contributed by atoms with E-state index in [9.17, 15) is 9.90 Å². The van der Waals surface area contributed by atoms with E-state index >= 15 is 0 Å². The zero-order chi connectivity index (χ0) is 16.4. The van der Waals surface area contributed by atoms with Gasteiger partial charge in [-0.2, -0.15) is 0 Å². The molecule has 0 radical (unpaired) electrons. The van der Waals surface area contributed by atoms with Gasteiger partial charge in [-0.15, -0.1) is 0 Å². The number of carbonyl (C=O) groups is 1. The summed E-state index contributed by atoms with van der Waals surface area (Å²) in [5, 5.41) is 12.4. The van der Waals surface area contributed by atoms with Crippen LogP contribution in [0.2, 0.25) is 0 Å². The number of aldehydes is 1. The fourth-order valence-electron chi connectivity index (χ4n) is 2.26.